The quantitative estimate of drug-likeness (QED) is 0.775. The van der Waals surface area contributed by atoms with Gasteiger partial charge < -0.3 is 10.6 Å². The van der Waals surface area contributed by atoms with E-state index >= 15 is 0 Å². The number of nitrogens with zero attached hydrogens (tertiary/aromatic N) is 2. The molecule has 15 heavy (non-hydrogen) atoms. The summed E-state index contributed by atoms with van der Waals surface area (Å²) in [6.07, 6.45) is 0. The first kappa shape index (κ1) is 11.4. The fourth-order valence-electron chi connectivity index (χ4n) is 1.03. The summed E-state index contributed by atoms with van der Waals surface area (Å²) < 4.78 is 0. The van der Waals surface area contributed by atoms with Gasteiger partial charge in [-0.3, -0.25) is 4.79 Å². The van der Waals surface area contributed by atoms with E-state index in [9.17, 15) is 4.79 Å². The van der Waals surface area contributed by atoms with Crippen molar-refractivity contribution in [1.82, 2.24) is 10.2 Å². The average Bonchev–Trinajstić information content (AvgIpc) is 2.05. The molecule has 0 aromatic carbocycles. The van der Waals surface area contributed by atoms with Crippen molar-refractivity contribution < 1.29 is 4.79 Å². The Labute approximate surface area is 89.3 Å². The van der Waals surface area contributed by atoms with Gasteiger partial charge in [-0.1, -0.05) is 0 Å². The number of rotatable bonds is 2. The Morgan fingerprint density at radius 1 is 1.20 bits per heavy atom. The molecule has 0 unspecified atom stereocenters. The summed E-state index contributed by atoms with van der Waals surface area (Å²) in [5, 5.41) is 13.5. The van der Waals surface area contributed by atoms with Crippen molar-refractivity contribution in [1.29, 1.82) is 0 Å². The first-order valence-corrected chi connectivity index (χ1v) is 4.76. The minimum Gasteiger partial charge on any atom is -0.364 e. The third-order valence-corrected chi connectivity index (χ3v) is 1.47. The number of carbonyl (C=O) groups excluding carboxylic acids is 1. The minimum absolute atomic E-state index is 0.0514. The molecule has 5 heteroatoms. The molecule has 82 valence electrons. The van der Waals surface area contributed by atoms with E-state index in [-0.39, 0.29) is 11.4 Å². The predicted molar refractivity (Wildman–Crippen MR) is 59.7 cm³/mol. The van der Waals surface area contributed by atoms with E-state index in [1.54, 1.807) is 12.1 Å². The van der Waals surface area contributed by atoms with Gasteiger partial charge in [0, 0.05) is 12.5 Å². The second kappa shape index (κ2) is 4.25. The Balaban J connectivity index is 2.68. The lowest BCUT2D eigenvalue weighted by Crippen LogP contribution is -2.26. The molecule has 5 nitrogen and oxygen atoms in total. The summed E-state index contributed by atoms with van der Waals surface area (Å²) >= 11 is 0. The normalized spacial score (nSPS) is 10.9. The molecule has 0 fully saturated rings. The maximum Gasteiger partial charge on any atom is 0.222 e. The van der Waals surface area contributed by atoms with E-state index in [2.05, 4.69) is 20.8 Å². The highest BCUT2D eigenvalue weighted by Gasteiger charge is 2.10. The molecule has 0 saturated carbocycles. The largest absolute Gasteiger partial charge is 0.364 e. The van der Waals surface area contributed by atoms with Crippen LogP contribution in [0, 0.1) is 0 Å². The van der Waals surface area contributed by atoms with Crippen molar-refractivity contribution >= 4 is 17.5 Å². The Kier molecular flexibility index (Phi) is 3.24. The lowest BCUT2D eigenvalue weighted by Gasteiger charge is -2.20. The van der Waals surface area contributed by atoms with E-state index in [0.29, 0.717) is 11.6 Å². The van der Waals surface area contributed by atoms with Gasteiger partial charge in [0.2, 0.25) is 5.91 Å². The van der Waals surface area contributed by atoms with Crippen molar-refractivity contribution in [2.24, 2.45) is 0 Å². The SMILES string of the molecule is CC(=O)Nc1ccc(NC(C)(C)C)nn1. The number of hydrogen-bond donors (Lipinski definition) is 2. The van der Waals surface area contributed by atoms with Gasteiger partial charge in [-0.2, -0.15) is 0 Å². The fraction of sp³-hybridized carbons (Fsp3) is 0.500. The van der Waals surface area contributed by atoms with Crippen LogP contribution in [0.3, 0.4) is 0 Å². The Bertz CT molecular complexity index is 339. The van der Waals surface area contributed by atoms with Crippen molar-refractivity contribution in [2.75, 3.05) is 10.6 Å². The van der Waals surface area contributed by atoms with Gasteiger partial charge in [-0.05, 0) is 32.9 Å². The molecule has 1 amide bonds. The first-order chi connectivity index (χ1) is 6.87. The summed E-state index contributed by atoms with van der Waals surface area (Å²) in [5.41, 5.74) is -0.0514. The minimum atomic E-state index is -0.152. The van der Waals surface area contributed by atoms with Crippen LogP contribution in [0.5, 0.6) is 0 Å². The summed E-state index contributed by atoms with van der Waals surface area (Å²) in [7, 11) is 0. The highest BCUT2D eigenvalue weighted by molar-refractivity contribution is 5.87. The van der Waals surface area contributed by atoms with E-state index < -0.39 is 0 Å². The molecule has 2 N–H and O–H groups in total. The molecule has 0 bridgehead atoms. The smallest absolute Gasteiger partial charge is 0.222 e. The summed E-state index contributed by atoms with van der Waals surface area (Å²) in [6.45, 7) is 7.55. The zero-order chi connectivity index (χ0) is 11.5. The van der Waals surface area contributed by atoms with Gasteiger partial charge in [0.05, 0.1) is 0 Å². The standard InChI is InChI=1S/C10H16N4O/c1-7(15)11-8-5-6-9(14-13-8)12-10(2,3)4/h5-6H,1-4H3,(H,12,14)(H,11,13,15). The predicted octanol–water partition coefficient (Wildman–Crippen LogP) is 1.65. The van der Waals surface area contributed by atoms with Gasteiger partial charge in [0.1, 0.15) is 5.82 Å². The van der Waals surface area contributed by atoms with Gasteiger partial charge in [-0.25, -0.2) is 0 Å². The Morgan fingerprint density at radius 3 is 2.13 bits per heavy atom. The van der Waals surface area contributed by atoms with Crippen LogP contribution in [0.15, 0.2) is 12.1 Å². The van der Waals surface area contributed by atoms with E-state index in [1.165, 1.54) is 6.92 Å². The van der Waals surface area contributed by atoms with Crippen LogP contribution in [-0.2, 0) is 4.79 Å². The topological polar surface area (TPSA) is 66.9 Å². The third-order valence-electron chi connectivity index (χ3n) is 1.47. The number of carbonyl (C=O) groups is 1. The van der Waals surface area contributed by atoms with Gasteiger partial charge in [0.25, 0.3) is 0 Å². The van der Waals surface area contributed by atoms with Crippen molar-refractivity contribution in [3.63, 3.8) is 0 Å². The van der Waals surface area contributed by atoms with Crippen LogP contribution >= 0.6 is 0 Å². The van der Waals surface area contributed by atoms with Crippen LogP contribution in [0.4, 0.5) is 11.6 Å². The van der Waals surface area contributed by atoms with Gasteiger partial charge >= 0.3 is 0 Å². The maximum absolute atomic E-state index is 10.7. The third kappa shape index (κ3) is 4.39. The monoisotopic (exact) mass is 208 g/mol. The molecule has 0 spiro atoms. The number of nitrogens with one attached hydrogen (secondary N) is 2. The number of anilines is 2. The van der Waals surface area contributed by atoms with Crippen LogP contribution < -0.4 is 10.6 Å². The van der Waals surface area contributed by atoms with Crippen molar-refractivity contribution in [3.05, 3.63) is 12.1 Å². The Morgan fingerprint density at radius 2 is 1.73 bits per heavy atom. The number of aromatic nitrogens is 2. The second-order valence-electron chi connectivity index (χ2n) is 4.36. The van der Waals surface area contributed by atoms with Crippen molar-refractivity contribution in [3.8, 4) is 0 Å². The number of hydrogen-bond acceptors (Lipinski definition) is 4. The van der Waals surface area contributed by atoms with Crippen LogP contribution in [0.1, 0.15) is 27.7 Å². The molecule has 0 atom stereocenters. The maximum atomic E-state index is 10.7. The van der Waals surface area contributed by atoms with Crippen LogP contribution in [-0.4, -0.2) is 21.6 Å². The lowest BCUT2D eigenvalue weighted by atomic mass is 10.1. The summed E-state index contributed by atoms with van der Waals surface area (Å²) in [4.78, 5) is 10.7. The molecular weight excluding hydrogens is 192 g/mol. The molecule has 0 aliphatic carbocycles. The molecule has 1 rings (SSSR count). The molecule has 1 heterocycles. The van der Waals surface area contributed by atoms with E-state index in [4.69, 9.17) is 0 Å². The van der Waals surface area contributed by atoms with Crippen LogP contribution in [0.25, 0.3) is 0 Å². The fourth-order valence-corrected chi connectivity index (χ4v) is 1.03. The molecule has 0 aliphatic heterocycles. The van der Waals surface area contributed by atoms with E-state index in [0.717, 1.165) is 0 Å². The summed E-state index contributed by atoms with van der Waals surface area (Å²) in [5.74, 6) is 0.999. The average molecular weight is 208 g/mol. The zero-order valence-electron chi connectivity index (χ0n) is 9.46. The Hall–Kier alpha value is -1.65. The van der Waals surface area contributed by atoms with Gasteiger partial charge in [0.15, 0.2) is 5.82 Å². The first-order valence-electron chi connectivity index (χ1n) is 4.76. The second-order valence-corrected chi connectivity index (χ2v) is 4.36. The van der Waals surface area contributed by atoms with Crippen LogP contribution in [0.2, 0.25) is 0 Å². The van der Waals surface area contributed by atoms with Gasteiger partial charge in [-0.15, -0.1) is 10.2 Å². The highest BCUT2D eigenvalue weighted by Crippen LogP contribution is 2.12. The molecule has 0 radical (unpaired) electrons. The van der Waals surface area contributed by atoms with E-state index in [1.807, 2.05) is 20.8 Å². The molecule has 1 aromatic heterocycles. The summed E-state index contributed by atoms with van der Waals surface area (Å²) in [6, 6.07) is 3.49. The van der Waals surface area contributed by atoms with Crippen molar-refractivity contribution in [2.45, 2.75) is 33.2 Å². The molecule has 0 saturated heterocycles. The zero-order valence-corrected chi connectivity index (χ0v) is 9.46. The highest BCUT2D eigenvalue weighted by atomic mass is 16.1. The molecular formula is C10H16N4O. The molecule has 0 aliphatic rings. The lowest BCUT2D eigenvalue weighted by molar-refractivity contribution is -0.114. The number of amides is 1. The molecule has 1 aromatic rings.